The number of thioether (sulfide) groups is 1. The highest BCUT2D eigenvalue weighted by atomic mass is 35.5. The summed E-state index contributed by atoms with van der Waals surface area (Å²) in [6, 6.07) is 9.65. The lowest BCUT2D eigenvalue weighted by Crippen LogP contribution is -2.11. The van der Waals surface area contributed by atoms with E-state index in [4.69, 9.17) is 21.2 Å². The van der Waals surface area contributed by atoms with Crippen LogP contribution in [-0.2, 0) is 4.79 Å². The Hall–Kier alpha value is -2.05. The molecule has 3 aromatic rings. The number of aromatic nitrogens is 1. The molecule has 3 rings (SSSR count). The van der Waals surface area contributed by atoms with Crippen LogP contribution >= 0.6 is 23.4 Å². The SMILES string of the molecule is CC(Sc1ccc2c(-c3ccccc3F)noc2c1Cl)C(=O)O. The van der Waals surface area contributed by atoms with Gasteiger partial charge in [0.05, 0.1) is 5.39 Å². The molecule has 7 heteroatoms. The molecule has 4 nitrogen and oxygen atoms in total. The van der Waals surface area contributed by atoms with Crippen molar-refractivity contribution in [3.8, 4) is 11.3 Å². The largest absolute Gasteiger partial charge is 0.480 e. The van der Waals surface area contributed by atoms with E-state index in [1.165, 1.54) is 6.07 Å². The number of fused-ring (bicyclic) bond motifs is 1. The number of halogens is 2. The molecule has 0 aliphatic heterocycles. The number of nitrogens with zero attached hydrogens (tertiary/aromatic N) is 1. The third-order valence-corrected chi connectivity index (χ3v) is 4.96. The lowest BCUT2D eigenvalue weighted by atomic mass is 10.1. The van der Waals surface area contributed by atoms with Gasteiger partial charge < -0.3 is 9.63 Å². The maximum atomic E-state index is 13.9. The number of carboxylic acids is 1. The molecule has 0 bridgehead atoms. The Morgan fingerprint density at radius 3 is 2.78 bits per heavy atom. The summed E-state index contributed by atoms with van der Waals surface area (Å²) in [5.74, 6) is -1.34. The van der Waals surface area contributed by atoms with Crippen molar-refractivity contribution in [3.63, 3.8) is 0 Å². The van der Waals surface area contributed by atoms with Crippen molar-refractivity contribution < 1.29 is 18.8 Å². The highest BCUT2D eigenvalue weighted by Gasteiger charge is 2.20. The molecule has 0 saturated heterocycles. The summed E-state index contributed by atoms with van der Waals surface area (Å²) in [7, 11) is 0. The van der Waals surface area contributed by atoms with Gasteiger partial charge in [0.15, 0.2) is 5.58 Å². The third kappa shape index (κ3) is 2.92. The van der Waals surface area contributed by atoms with Crippen molar-refractivity contribution in [2.45, 2.75) is 17.1 Å². The Bertz CT molecular complexity index is 896. The van der Waals surface area contributed by atoms with E-state index in [2.05, 4.69) is 5.16 Å². The van der Waals surface area contributed by atoms with E-state index in [9.17, 15) is 9.18 Å². The van der Waals surface area contributed by atoms with Crippen LogP contribution < -0.4 is 0 Å². The summed E-state index contributed by atoms with van der Waals surface area (Å²) >= 11 is 7.40. The number of rotatable bonds is 4. The van der Waals surface area contributed by atoms with Crippen LogP contribution in [0.25, 0.3) is 22.2 Å². The van der Waals surface area contributed by atoms with E-state index in [1.54, 1.807) is 37.3 Å². The fourth-order valence-electron chi connectivity index (χ4n) is 2.13. The van der Waals surface area contributed by atoms with E-state index >= 15 is 0 Å². The molecule has 2 aromatic carbocycles. The molecule has 0 aliphatic carbocycles. The minimum absolute atomic E-state index is 0.274. The Morgan fingerprint density at radius 1 is 1.35 bits per heavy atom. The van der Waals surface area contributed by atoms with Gasteiger partial charge in [-0.1, -0.05) is 28.9 Å². The first-order valence-corrected chi connectivity index (χ1v) is 7.97. The van der Waals surface area contributed by atoms with Crippen LogP contribution in [0.4, 0.5) is 4.39 Å². The summed E-state index contributed by atoms with van der Waals surface area (Å²) in [5.41, 5.74) is 0.997. The van der Waals surface area contributed by atoms with E-state index in [0.29, 0.717) is 27.1 Å². The first-order chi connectivity index (χ1) is 11.0. The second-order valence-electron chi connectivity index (χ2n) is 4.86. The maximum Gasteiger partial charge on any atom is 0.316 e. The maximum absolute atomic E-state index is 13.9. The van der Waals surface area contributed by atoms with Crippen LogP contribution in [0.15, 0.2) is 45.8 Å². The highest BCUT2D eigenvalue weighted by molar-refractivity contribution is 8.00. The van der Waals surface area contributed by atoms with Gasteiger partial charge in [0, 0.05) is 10.5 Å². The summed E-state index contributed by atoms with van der Waals surface area (Å²) in [5, 5.41) is 13.1. The third-order valence-electron chi connectivity index (χ3n) is 3.33. The Kier molecular flexibility index (Phi) is 4.28. The van der Waals surface area contributed by atoms with E-state index in [1.807, 2.05) is 0 Å². The number of hydrogen-bond donors (Lipinski definition) is 1. The van der Waals surface area contributed by atoms with Gasteiger partial charge in [0.25, 0.3) is 0 Å². The topological polar surface area (TPSA) is 63.3 Å². The van der Waals surface area contributed by atoms with Crippen LogP contribution in [0, 0.1) is 5.82 Å². The Morgan fingerprint density at radius 2 is 2.09 bits per heavy atom. The monoisotopic (exact) mass is 351 g/mol. The van der Waals surface area contributed by atoms with E-state index in [-0.39, 0.29) is 5.02 Å². The minimum Gasteiger partial charge on any atom is -0.480 e. The molecule has 0 saturated carbocycles. The Labute approximate surface area is 140 Å². The fraction of sp³-hybridized carbons (Fsp3) is 0.125. The number of carboxylic acid groups (broad SMARTS) is 1. The zero-order chi connectivity index (χ0) is 16.6. The van der Waals surface area contributed by atoms with Crippen molar-refractivity contribution in [3.05, 3.63) is 47.2 Å². The van der Waals surface area contributed by atoms with Crippen LogP contribution in [0.5, 0.6) is 0 Å². The molecule has 0 amide bonds. The van der Waals surface area contributed by atoms with E-state index in [0.717, 1.165) is 11.8 Å². The first kappa shape index (κ1) is 15.8. The quantitative estimate of drug-likeness (QED) is 0.680. The average Bonchev–Trinajstić information content (AvgIpc) is 2.95. The van der Waals surface area contributed by atoms with Gasteiger partial charge in [-0.05, 0) is 31.2 Å². The van der Waals surface area contributed by atoms with Gasteiger partial charge in [0.1, 0.15) is 21.8 Å². The molecule has 1 heterocycles. The van der Waals surface area contributed by atoms with Crippen molar-refractivity contribution in [1.82, 2.24) is 5.16 Å². The van der Waals surface area contributed by atoms with Crippen molar-refractivity contribution in [2.24, 2.45) is 0 Å². The predicted molar refractivity (Wildman–Crippen MR) is 87.4 cm³/mol. The van der Waals surface area contributed by atoms with Crippen molar-refractivity contribution >= 4 is 40.3 Å². The zero-order valence-electron chi connectivity index (χ0n) is 11.9. The predicted octanol–water partition coefficient (Wildman–Crippen LogP) is 4.85. The normalized spacial score (nSPS) is 12.5. The number of benzene rings is 2. The second kappa shape index (κ2) is 6.22. The molecule has 0 radical (unpaired) electrons. The highest BCUT2D eigenvalue weighted by Crippen LogP contribution is 2.39. The van der Waals surface area contributed by atoms with Crippen LogP contribution in [0.1, 0.15) is 6.92 Å². The summed E-state index contributed by atoms with van der Waals surface area (Å²) in [4.78, 5) is 11.5. The molecule has 0 aliphatic rings. The average molecular weight is 352 g/mol. The fourth-order valence-corrected chi connectivity index (χ4v) is 3.29. The molecular weight excluding hydrogens is 341 g/mol. The van der Waals surface area contributed by atoms with Crippen LogP contribution in [-0.4, -0.2) is 21.5 Å². The lowest BCUT2D eigenvalue weighted by molar-refractivity contribution is -0.136. The molecule has 1 aromatic heterocycles. The summed E-state index contributed by atoms with van der Waals surface area (Å²) in [6.07, 6.45) is 0. The standard InChI is InChI=1S/C16H11ClFNO3S/c1-8(16(20)21)23-12-7-6-10-14(19-22-15(10)13(12)17)9-4-2-3-5-11(9)18/h2-8H,1H3,(H,20,21). The molecule has 1 N–H and O–H groups in total. The van der Waals surface area contributed by atoms with Gasteiger partial charge >= 0.3 is 5.97 Å². The van der Waals surface area contributed by atoms with Gasteiger partial charge in [-0.25, -0.2) is 4.39 Å². The van der Waals surface area contributed by atoms with Gasteiger partial charge in [-0.15, -0.1) is 11.8 Å². The molecule has 0 spiro atoms. The molecule has 1 unspecified atom stereocenters. The summed E-state index contributed by atoms with van der Waals surface area (Å²) in [6.45, 7) is 1.57. The van der Waals surface area contributed by atoms with Crippen molar-refractivity contribution in [2.75, 3.05) is 0 Å². The Balaban J connectivity index is 2.08. The summed E-state index contributed by atoms with van der Waals surface area (Å²) < 4.78 is 19.2. The number of carbonyl (C=O) groups is 1. The first-order valence-electron chi connectivity index (χ1n) is 6.71. The van der Waals surface area contributed by atoms with Crippen LogP contribution in [0.2, 0.25) is 5.02 Å². The zero-order valence-corrected chi connectivity index (χ0v) is 13.5. The lowest BCUT2D eigenvalue weighted by Gasteiger charge is -2.07. The van der Waals surface area contributed by atoms with Crippen molar-refractivity contribution in [1.29, 1.82) is 0 Å². The second-order valence-corrected chi connectivity index (χ2v) is 6.62. The molecule has 0 fully saturated rings. The molecule has 1 atom stereocenters. The van der Waals surface area contributed by atoms with Gasteiger partial charge in [-0.3, -0.25) is 4.79 Å². The van der Waals surface area contributed by atoms with Gasteiger partial charge in [0.2, 0.25) is 0 Å². The number of hydrogen-bond acceptors (Lipinski definition) is 4. The molecule has 23 heavy (non-hydrogen) atoms. The van der Waals surface area contributed by atoms with Crippen LogP contribution in [0.3, 0.4) is 0 Å². The van der Waals surface area contributed by atoms with E-state index < -0.39 is 17.0 Å². The molecule has 118 valence electrons. The molecular formula is C16H11ClFNO3S. The number of aliphatic carboxylic acids is 1. The van der Waals surface area contributed by atoms with Gasteiger partial charge in [-0.2, -0.15) is 0 Å². The smallest absolute Gasteiger partial charge is 0.316 e. The minimum atomic E-state index is -0.934.